The number of halogens is 1. The molecule has 0 radical (unpaired) electrons. The Morgan fingerprint density at radius 3 is 2.04 bits per heavy atom. The maximum atomic E-state index is 12.5. The van der Waals surface area contributed by atoms with Gasteiger partial charge in [-0.05, 0) is 47.9 Å². The number of anilines is 2. The zero-order chi connectivity index (χ0) is 20.1. The van der Waals surface area contributed by atoms with Gasteiger partial charge in [0.25, 0.3) is 11.8 Å². The number of amides is 2. The second-order valence-corrected chi connectivity index (χ2v) is 7.09. The quantitative estimate of drug-likeness (QED) is 0.612. The Morgan fingerprint density at radius 1 is 0.857 bits per heavy atom. The molecule has 0 unspecified atom stereocenters. The van der Waals surface area contributed by atoms with Crippen molar-refractivity contribution in [2.75, 3.05) is 10.6 Å². The molecule has 28 heavy (non-hydrogen) atoms. The smallest absolute Gasteiger partial charge is 0.257 e. The Hall–Kier alpha value is -3.18. The Kier molecular flexibility index (Phi) is 6.06. The van der Waals surface area contributed by atoms with E-state index in [-0.39, 0.29) is 17.4 Å². The van der Waals surface area contributed by atoms with Crippen molar-refractivity contribution in [2.45, 2.75) is 19.8 Å². The van der Waals surface area contributed by atoms with Crippen molar-refractivity contribution in [1.82, 2.24) is 4.98 Å². The van der Waals surface area contributed by atoms with Crippen LogP contribution in [0.4, 0.5) is 11.4 Å². The first kappa shape index (κ1) is 19.6. The van der Waals surface area contributed by atoms with E-state index < -0.39 is 0 Å². The zero-order valence-corrected chi connectivity index (χ0v) is 16.3. The highest BCUT2D eigenvalue weighted by Gasteiger charge is 2.12. The van der Waals surface area contributed by atoms with Gasteiger partial charge in [-0.25, -0.2) is 0 Å². The van der Waals surface area contributed by atoms with Crippen molar-refractivity contribution in [3.8, 4) is 0 Å². The molecule has 2 N–H and O–H groups in total. The summed E-state index contributed by atoms with van der Waals surface area (Å²) in [6, 6.07) is 16.0. The first-order valence-corrected chi connectivity index (χ1v) is 9.23. The van der Waals surface area contributed by atoms with Gasteiger partial charge >= 0.3 is 0 Å². The predicted octanol–water partition coefficient (Wildman–Crippen LogP) is 5.36. The lowest BCUT2D eigenvalue weighted by Gasteiger charge is -2.09. The van der Waals surface area contributed by atoms with Gasteiger partial charge in [0.05, 0.1) is 11.1 Å². The number of carbonyl (C=O) groups is 2. The average Bonchev–Trinajstić information content (AvgIpc) is 2.68. The molecular weight excluding hydrogens is 374 g/mol. The molecule has 0 atom stereocenters. The second kappa shape index (κ2) is 8.67. The fourth-order valence-electron chi connectivity index (χ4n) is 2.61. The van der Waals surface area contributed by atoms with Crippen LogP contribution in [0.3, 0.4) is 0 Å². The molecule has 1 aromatic heterocycles. The number of carbonyl (C=O) groups excluding carboxylic acids is 2. The number of rotatable bonds is 5. The third-order valence-corrected chi connectivity index (χ3v) is 4.42. The molecule has 0 bridgehead atoms. The number of hydrogen-bond donors (Lipinski definition) is 2. The normalized spacial score (nSPS) is 10.6. The third-order valence-electron chi connectivity index (χ3n) is 4.18. The van der Waals surface area contributed by atoms with Gasteiger partial charge in [-0.2, -0.15) is 0 Å². The van der Waals surface area contributed by atoms with Crippen LogP contribution in [0.15, 0.2) is 67.0 Å². The molecule has 5 nitrogen and oxygen atoms in total. The van der Waals surface area contributed by atoms with Gasteiger partial charge in [0.2, 0.25) is 0 Å². The standard InChI is InChI=1S/C22H20ClN3O2/c1-14(2)15-6-8-19(9-7-15)25-21(27)16-10-17(13-24-12-16)22(28)26-20-5-3-4-18(23)11-20/h3-14H,1-2H3,(H,25,27)(H,26,28). The first-order valence-electron chi connectivity index (χ1n) is 8.85. The molecule has 3 aromatic rings. The van der Waals surface area contributed by atoms with E-state index in [0.29, 0.717) is 27.9 Å². The van der Waals surface area contributed by atoms with Gasteiger partial charge < -0.3 is 10.6 Å². The lowest BCUT2D eigenvalue weighted by Crippen LogP contribution is -2.16. The van der Waals surface area contributed by atoms with Crippen LogP contribution in [0.2, 0.25) is 5.02 Å². The summed E-state index contributed by atoms with van der Waals surface area (Å²) in [5.41, 5.74) is 3.02. The van der Waals surface area contributed by atoms with Crippen LogP contribution in [0, 0.1) is 0 Å². The third kappa shape index (κ3) is 4.96. The van der Waals surface area contributed by atoms with Crippen molar-refractivity contribution in [3.63, 3.8) is 0 Å². The van der Waals surface area contributed by atoms with E-state index in [1.807, 2.05) is 24.3 Å². The Morgan fingerprint density at radius 2 is 1.46 bits per heavy atom. The molecule has 2 aromatic carbocycles. The van der Waals surface area contributed by atoms with Crippen molar-refractivity contribution in [3.05, 3.63) is 88.7 Å². The largest absolute Gasteiger partial charge is 0.322 e. The molecule has 0 aliphatic heterocycles. The highest BCUT2D eigenvalue weighted by Crippen LogP contribution is 2.18. The van der Waals surface area contributed by atoms with Crippen LogP contribution in [-0.2, 0) is 0 Å². The molecule has 0 saturated heterocycles. The first-order chi connectivity index (χ1) is 13.4. The maximum absolute atomic E-state index is 12.5. The summed E-state index contributed by atoms with van der Waals surface area (Å²) >= 11 is 5.93. The minimum absolute atomic E-state index is 0.280. The summed E-state index contributed by atoms with van der Waals surface area (Å²) in [5, 5.41) is 6.08. The number of aromatic nitrogens is 1. The summed E-state index contributed by atoms with van der Waals surface area (Å²) < 4.78 is 0. The molecule has 2 amide bonds. The Balaban J connectivity index is 1.71. The highest BCUT2D eigenvalue weighted by molar-refractivity contribution is 6.31. The van der Waals surface area contributed by atoms with Gasteiger partial charge in [-0.3, -0.25) is 14.6 Å². The molecule has 6 heteroatoms. The van der Waals surface area contributed by atoms with E-state index in [4.69, 9.17) is 11.6 Å². The fraction of sp³-hybridized carbons (Fsp3) is 0.136. The highest BCUT2D eigenvalue weighted by atomic mass is 35.5. The molecular formula is C22H20ClN3O2. The Bertz CT molecular complexity index is 1000. The van der Waals surface area contributed by atoms with Gasteiger partial charge in [-0.15, -0.1) is 0 Å². The molecule has 0 saturated carbocycles. The lowest BCUT2D eigenvalue weighted by molar-refractivity contribution is 0.102. The number of hydrogen-bond acceptors (Lipinski definition) is 3. The fourth-order valence-corrected chi connectivity index (χ4v) is 2.80. The van der Waals surface area contributed by atoms with Crippen molar-refractivity contribution < 1.29 is 9.59 Å². The van der Waals surface area contributed by atoms with E-state index in [2.05, 4.69) is 29.5 Å². The van der Waals surface area contributed by atoms with E-state index in [9.17, 15) is 9.59 Å². The number of benzene rings is 2. The SMILES string of the molecule is CC(C)c1ccc(NC(=O)c2cncc(C(=O)Nc3cccc(Cl)c3)c2)cc1. The van der Waals surface area contributed by atoms with E-state index in [1.165, 1.54) is 24.0 Å². The zero-order valence-electron chi connectivity index (χ0n) is 15.6. The predicted molar refractivity (Wildman–Crippen MR) is 112 cm³/mol. The molecule has 0 aliphatic carbocycles. The summed E-state index contributed by atoms with van der Waals surface area (Å²) in [6.45, 7) is 4.22. The second-order valence-electron chi connectivity index (χ2n) is 6.66. The maximum Gasteiger partial charge on any atom is 0.257 e. The number of nitrogens with one attached hydrogen (secondary N) is 2. The summed E-state index contributed by atoms with van der Waals surface area (Å²) in [6.07, 6.45) is 2.84. The average molecular weight is 394 g/mol. The van der Waals surface area contributed by atoms with Gasteiger partial charge in [0, 0.05) is 28.8 Å². The summed E-state index contributed by atoms with van der Waals surface area (Å²) in [4.78, 5) is 29.0. The molecule has 1 heterocycles. The monoisotopic (exact) mass is 393 g/mol. The van der Waals surface area contributed by atoms with Crippen molar-refractivity contribution in [1.29, 1.82) is 0 Å². The van der Waals surface area contributed by atoms with Crippen LogP contribution in [-0.4, -0.2) is 16.8 Å². The van der Waals surface area contributed by atoms with Crippen LogP contribution in [0.1, 0.15) is 46.0 Å². The van der Waals surface area contributed by atoms with Crippen molar-refractivity contribution in [2.24, 2.45) is 0 Å². The minimum Gasteiger partial charge on any atom is -0.322 e. The van der Waals surface area contributed by atoms with E-state index in [0.717, 1.165) is 0 Å². The Labute approximate surface area is 168 Å². The topological polar surface area (TPSA) is 71.1 Å². The van der Waals surface area contributed by atoms with E-state index in [1.54, 1.807) is 24.3 Å². The summed E-state index contributed by atoms with van der Waals surface area (Å²) in [5.74, 6) is -0.281. The minimum atomic E-state index is -0.370. The molecule has 0 fully saturated rings. The molecule has 0 spiro atoms. The van der Waals surface area contributed by atoms with Gasteiger partial charge in [0.1, 0.15) is 0 Å². The molecule has 0 aliphatic rings. The van der Waals surface area contributed by atoms with Gasteiger partial charge in [-0.1, -0.05) is 43.6 Å². The van der Waals surface area contributed by atoms with E-state index >= 15 is 0 Å². The molecule has 142 valence electrons. The van der Waals surface area contributed by atoms with Crippen LogP contribution < -0.4 is 10.6 Å². The summed E-state index contributed by atoms with van der Waals surface area (Å²) in [7, 11) is 0. The van der Waals surface area contributed by atoms with Crippen LogP contribution >= 0.6 is 11.6 Å². The van der Waals surface area contributed by atoms with Gasteiger partial charge in [0.15, 0.2) is 0 Å². The lowest BCUT2D eigenvalue weighted by atomic mass is 10.0. The van der Waals surface area contributed by atoms with Crippen LogP contribution in [0.25, 0.3) is 0 Å². The molecule has 3 rings (SSSR count). The van der Waals surface area contributed by atoms with Crippen molar-refractivity contribution >= 4 is 34.8 Å². The number of nitrogens with zero attached hydrogens (tertiary/aromatic N) is 1. The number of pyridine rings is 1. The van der Waals surface area contributed by atoms with Crippen LogP contribution in [0.5, 0.6) is 0 Å².